The van der Waals surface area contributed by atoms with Crippen molar-refractivity contribution in [3.63, 3.8) is 0 Å². The van der Waals surface area contributed by atoms with Crippen LogP contribution in [-0.4, -0.2) is 31.7 Å². The number of aromatic carboxylic acids is 1. The van der Waals surface area contributed by atoms with Crippen molar-refractivity contribution in [3.8, 4) is 0 Å². The van der Waals surface area contributed by atoms with Gasteiger partial charge in [0.05, 0.1) is 11.5 Å². The molecular weight excluding hydrogens is 380 g/mol. The molecule has 1 aromatic heterocycles. The SMILES string of the molecule is CCCc1ncc(CC(Cc2ccccc2)C(=O)O)n1Cc1ccc(C(=O)O)cc1. The van der Waals surface area contributed by atoms with Crippen LogP contribution in [0.3, 0.4) is 0 Å². The summed E-state index contributed by atoms with van der Waals surface area (Å²) in [7, 11) is 0. The average Bonchev–Trinajstić information content (AvgIpc) is 3.10. The molecule has 0 fully saturated rings. The molecule has 1 heterocycles. The van der Waals surface area contributed by atoms with Crippen LogP contribution >= 0.6 is 0 Å². The zero-order chi connectivity index (χ0) is 21.5. The Bertz CT molecular complexity index is 994. The molecule has 6 heteroatoms. The molecule has 0 saturated heterocycles. The standard InChI is InChI=1S/C24H26N2O4/c1-2-6-22-25-15-21(14-20(24(29)30)13-17-7-4-3-5-8-17)26(22)16-18-9-11-19(12-10-18)23(27)28/h3-5,7-12,15,20H,2,6,13-14,16H2,1H3,(H,27,28)(H,29,30). The van der Waals surface area contributed by atoms with Crippen molar-refractivity contribution in [2.45, 2.75) is 39.2 Å². The van der Waals surface area contributed by atoms with Crippen LogP contribution in [-0.2, 0) is 30.6 Å². The first-order valence-corrected chi connectivity index (χ1v) is 10.1. The number of benzene rings is 2. The largest absolute Gasteiger partial charge is 0.481 e. The van der Waals surface area contributed by atoms with E-state index in [2.05, 4.69) is 16.5 Å². The van der Waals surface area contributed by atoms with Gasteiger partial charge in [-0.1, -0.05) is 49.4 Å². The van der Waals surface area contributed by atoms with Crippen LogP contribution in [0.25, 0.3) is 0 Å². The number of aliphatic carboxylic acids is 1. The van der Waals surface area contributed by atoms with Gasteiger partial charge in [-0.3, -0.25) is 4.79 Å². The highest BCUT2D eigenvalue weighted by molar-refractivity contribution is 5.87. The van der Waals surface area contributed by atoms with E-state index in [0.29, 0.717) is 19.4 Å². The fraction of sp³-hybridized carbons (Fsp3) is 0.292. The number of nitrogens with zero attached hydrogens (tertiary/aromatic N) is 2. The second-order valence-electron chi connectivity index (χ2n) is 7.43. The van der Waals surface area contributed by atoms with E-state index in [4.69, 9.17) is 5.11 Å². The summed E-state index contributed by atoms with van der Waals surface area (Å²) in [5, 5.41) is 18.9. The van der Waals surface area contributed by atoms with Crippen LogP contribution in [0.2, 0.25) is 0 Å². The summed E-state index contributed by atoms with van der Waals surface area (Å²) in [6, 6.07) is 16.4. The molecule has 2 N–H and O–H groups in total. The summed E-state index contributed by atoms with van der Waals surface area (Å²) in [6.07, 6.45) is 4.34. The maximum atomic E-state index is 11.9. The Morgan fingerprint density at radius 3 is 2.27 bits per heavy atom. The lowest BCUT2D eigenvalue weighted by Gasteiger charge is -2.16. The minimum Gasteiger partial charge on any atom is -0.481 e. The second kappa shape index (κ2) is 9.87. The third-order valence-corrected chi connectivity index (χ3v) is 5.17. The van der Waals surface area contributed by atoms with Crippen molar-refractivity contribution >= 4 is 11.9 Å². The number of carboxylic acid groups (broad SMARTS) is 2. The first-order valence-electron chi connectivity index (χ1n) is 10.1. The van der Waals surface area contributed by atoms with Gasteiger partial charge in [0.25, 0.3) is 0 Å². The van der Waals surface area contributed by atoms with E-state index >= 15 is 0 Å². The van der Waals surface area contributed by atoms with Gasteiger partial charge in [-0.2, -0.15) is 0 Å². The van der Waals surface area contributed by atoms with Crippen LogP contribution in [0.15, 0.2) is 60.8 Å². The number of imidazole rings is 1. The minimum atomic E-state index is -0.957. The molecule has 0 aliphatic carbocycles. The van der Waals surface area contributed by atoms with Crippen LogP contribution in [0.5, 0.6) is 0 Å². The Morgan fingerprint density at radius 2 is 1.67 bits per heavy atom. The normalized spacial score (nSPS) is 11.9. The molecule has 3 rings (SSSR count). The summed E-state index contributed by atoms with van der Waals surface area (Å²) in [6.45, 7) is 2.61. The Hall–Kier alpha value is -3.41. The first kappa shape index (κ1) is 21.3. The molecule has 0 amide bonds. The predicted molar refractivity (Wildman–Crippen MR) is 114 cm³/mol. The second-order valence-corrected chi connectivity index (χ2v) is 7.43. The van der Waals surface area contributed by atoms with E-state index in [0.717, 1.165) is 35.5 Å². The molecule has 156 valence electrons. The molecule has 6 nitrogen and oxygen atoms in total. The molecule has 0 radical (unpaired) electrons. The van der Waals surface area contributed by atoms with Gasteiger partial charge in [-0.15, -0.1) is 0 Å². The Morgan fingerprint density at radius 1 is 0.967 bits per heavy atom. The van der Waals surface area contributed by atoms with Gasteiger partial charge in [0, 0.05) is 31.3 Å². The van der Waals surface area contributed by atoms with Gasteiger partial charge in [-0.05, 0) is 36.1 Å². The first-order chi connectivity index (χ1) is 14.5. The fourth-order valence-corrected chi connectivity index (χ4v) is 3.57. The lowest BCUT2D eigenvalue weighted by molar-refractivity contribution is -0.141. The van der Waals surface area contributed by atoms with Gasteiger partial charge >= 0.3 is 11.9 Å². The zero-order valence-corrected chi connectivity index (χ0v) is 17.0. The van der Waals surface area contributed by atoms with Crippen LogP contribution in [0, 0.1) is 5.92 Å². The third kappa shape index (κ3) is 5.35. The number of aryl methyl sites for hydroxylation is 1. The van der Waals surface area contributed by atoms with E-state index in [1.165, 1.54) is 0 Å². The van der Waals surface area contributed by atoms with Crippen molar-refractivity contribution in [2.24, 2.45) is 5.92 Å². The maximum Gasteiger partial charge on any atom is 0.335 e. The van der Waals surface area contributed by atoms with Gasteiger partial charge in [-0.25, -0.2) is 9.78 Å². The number of carboxylic acids is 2. The fourth-order valence-electron chi connectivity index (χ4n) is 3.57. The number of rotatable bonds is 10. The molecule has 0 aliphatic rings. The van der Waals surface area contributed by atoms with E-state index < -0.39 is 17.9 Å². The maximum absolute atomic E-state index is 11.9. The number of hydrogen-bond acceptors (Lipinski definition) is 3. The molecule has 0 aliphatic heterocycles. The van der Waals surface area contributed by atoms with E-state index in [1.54, 1.807) is 30.5 Å². The monoisotopic (exact) mass is 406 g/mol. The Labute approximate surface area is 175 Å². The minimum absolute atomic E-state index is 0.243. The van der Waals surface area contributed by atoms with Crippen molar-refractivity contribution in [3.05, 3.63) is 89.0 Å². The topological polar surface area (TPSA) is 92.4 Å². The summed E-state index contributed by atoms with van der Waals surface area (Å²) in [4.78, 5) is 27.6. The Kier molecular flexibility index (Phi) is 7.01. The Balaban J connectivity index is 1.84. The quantitative estimate of drug-likeness (QED) is 0.529. The summed E-state index contributed by atoms with van der Waals surface area (Å²) in [5.74, 6) is -1.42. The summed E-state index contributed by atoms with van der Waals surface area (Å²) in [5.41, 5.74) is 3.07. The van der Waals surface area contributed by atoms with Gasteiger partial charge in [0.1, 0.15) is 5.82 Å². The highest BCUT2D eigenvalue weighted by Crippen LogP contribution is 2.19. The molecule has 0 bridgehead atoms. The lowest BCUT2D eigenvalue weighted by Crippen LogP contribution is -2.21. The van der Waals surface area contributed by atoms with Crippen molar-refractivity contribution < 1.29 is 19.8 Å². The van der Waals surface area contributed by atoms with Crippen molar-refractivity contribution in [1.82, 2.24) is 9.55 Å². The molecule has 30 heavy (non-hydrogen) atoms. The lowest BCUT2D eigenvalue weighted by atomic mass is 9.95. The molecule has 1 unspecified atom stereocenters. The summed E-state index contributed by atoms with van der Waals surface area (Å²) >= 11 is 0. The highest BCUT2D eigenvalue weighted by Gasteiger charge is 2.22. The third-order valence-electron chi connectivity index (χ3n) is 5.17. The van der Waals surface area contributed by atoms with E-state index in [9.17, 15) is 14.7 Å². The molecule has 0 saturated carbocycles. The molecule has 0 spiro atoms. The molecule has 2 aromatic carbocycles. The van der Waals surface area contributed by atoms with Gasteiger partial charge in [0.2, 0.25) is 0 Å². The van der Waals surface area contributed by atoms with Crippen LogP contribution in [0.1, 0.15) is 46.3 Å². The van der Waals surface area contributed by atoms with Gasteiger partial charge in [0.15, 0.2) is 0 Å². The zero-order valence-electron chi connectivity index (χ0n) is 17.0. The molecule has 1 atom stereocenters. The van der Waals surface area contributed by atoms with Crippen molar-refractivity contribution in [1.29, 1.82) is 0 Å². The molecular formula is C24H26N2O4. The number of hydrogen-bond donors (Lipinski definition) is 2. The smallest absolute Gasteiger partial charge is 0.335 e. The predicted octanol–water partition coefficient (Wildman–Crippen LogP) is 4.07. The average molecular weight is 406 g/mol. The van der Waals surface area contributed by atoms with Crippen LogP contribution < -0.4 is 0 Å². The molecule has 3 aromatic rings. The summed E-state index contributed by atoms with van der Waals surface area (Å²) < 4.78 is 2.07. The highest BCUT2D eigenvalue weighted by atomic mass is 16.4. The van der Waals surface area contributed by atoms with Crippen molar-refractivity contribution in [2.75, 3.05) is 0 Å². The number of carbonyl (C=O) groups is 2. The van der Waals surface area contributed by atoms with E-state index in [-0.39, 0.29) is 5.56 Å². The van der Waals surface area contributed by atoms with Crippen LogP contribution in [0.4, 0.5) is 0 Å². The van der Waals surface area contributed by atoms with Gasteiger partial charge < -0.3 is 14.8 Å². The van der Waals surface area contributed by atoms with E-state index in [1.807, 2.05) is 30.3 Å². The number of aromatic nitrogens is 2.